The summed E-state index contributed by atoms with van der Waals surface area (Å²) in [6, 6.07) is 0. The minimum atomic E-state index is -1.62. The van der Waals surface area contributed by atoms with Gasteiger partial charge < -0.3 is 64.5 Å². The van der Waals surface area contributed by atoms with E-state index in [-0.39, 0.29) is 13.2 Å². The lowest BCUT2D eigenvalue weighted by atomic mass is 9.99. The van der Waals surface area contributed by atoms with E-state index in [4.69, 9.17) is 23.7 Å². The van der Waals surface area contributed by atoms with E-state index in [1.807, 2.05) is 0 Å². The number of hydrogen-bond donors (Lipinski definition) is 8. The van der Waals surface area contributed by atoms with Gasteiger partial charge in [0, 0.05) is 0 Å². The summed E-state index contributed by atoms with van der Waals surface area (Å²) < 4.78 is 26.7. The number of aliphatic hydroxyl groups is 8. The van der Waals surface area contributed by atoms with Crippen LogP contribution in [0.3, 0.4) is 0 Å². The van der Waals surface area contributed by atoms with Crippen molar-refractivity contribution in [3.8, 4) is 0 Å². The Kier molecular flexibility index (Phi) is 8.01. The first-order valence-corrected chi connectivity index (χ1v) is 9.72. The van der Waals surface area contributed by atoms with E-state index in [1.165, 1.54) is 0 Å². The number of hydrogen-bond acceptors (Lipinski definition) is 13. The molecule has 3 rings (SSSR count). The number of ether oxygens (including phenoxy) is 5. The molecule has 3 heterocycles. The molecule has 13 nitrogen and oxygen atoms in total. The molecule has 30 heavy (non-hydrogen) atoms. The van der Waals surface area contributed by atoms with Crippen molar-refractivity contribution in [2.24, 2.45) is 0 Å². The van der Waals surface area contributed by atoms with Crippen LogP contribution >= 0.6 is 0 Å². The van der Waals surface area contributed by atoms with Gasteiger partial charge in [-0.05, 0) is 6.92 Å². The summed E-state index contributed by atoms with van der Waals surface area (Å²) in [6.45, 7) is 0.381. The van der Waals surface area contributed by atoms with Crippen molar-refractivity contribution in [1.82, 2.24) is 0 Å². The van der Waals surface area contributed by atoms with Crippen molar-refractivity contribution in [2.45, 2.75) is 86.6 Å². The van der Waals surface area contributed by atoms with Crippen molar-refractivity contribution >= 4 is 0 Å². The zero-order valence-electron chi connectivity index (χ0n) is 16.2. The molecular weight excluding hydrogens is 412 g/mol. The van der Waals surface area contributed by atoms with Crippen LogP contribution in [0, 0.1) is 0 Å². The van der Waals surface area contributed by atoms with Crippen LogP contribution in [0.1, 0.15) is 6.92 Å². The highest BCUT2D eigenvalue weighted by atomic mass is 16.7. The Morgan fingerprint density at radius 2 is 1.00 bits per heavy atom. The fourth-order valence-corrected chi connectivity index (χ4v) is 3.65. The molecule has 10 unspecified atom stereocenters. The second-order valence-electron chi connectivity index (χ2n) is 7.75. The monoisotopic (exact) mass is 442 g/mol. The first kappa shape index (κ1) is 24.1. The van der Waals surface area contributed by atoms with Crippen molar-refractivity contribution in [3.05, 3.63) is 0 Å². The molecule has 8 N–H and O–H groups in total. The van der Waals surface area contributed by atoms with Crippen LogP contribution in [0.5, 0.6) is 0 Å². The summed E-state index contributed by atoms with van der Waals surface area (Å²) >= 11 is 0. The fraction of sp³-hybridized carbons (Fsp3) is 1.00. The summed E-state index contributed by atoms with van der Waals surface area (Å²) in [6.07, 6.45) is -16.2. The summed E-state index contributed by atoms with van der Waals surface area (Å²) in [5.41, 5.74) is 0. The SMILES string of the molecule is CC1OC(COC2OC(CO[C@@H]3OC(CO)[C@H](O)[C@H](O)C3O)C(O)C2O)C(O)C1O. The molecule has 3 aliphatic rings. The third-order valence-electron chi connectivity index (χ3n) is 5.62. The molecule has 0 spiro atoms. The molecule has 0 bridgehead atoms. The Hall–Kier alpha value is -0.520. The maximum atomic E-state index is 10.2. The minimum absolute atomic E-state index is 0.211. The first-order valence-electron chi connectivity index (χ1n) is 9.72. The average molecular weight is 442 g/mol. The third kappa shape index (κ3) is 4.78. The maximum Gasteiger partial charge on any atom is 0.186 e. The molecule has 0 aromatic heterocycles. The molecule has 13 atom stereocenters. The zero-order valence-corrected chi connectivity index (χ0v) is 16.2. The average Bonchev–Trinajstić information content (AvgIpc) is 3.14. The highest BCUT2D eigenvalue weighted by molar-refractivity contribution is 4.92. The van der Waals surface area contributed by atoms with Crippen LogP contribution in [-0.2, 0) is 23.7 Å². The summed E-state index contributed by atoms with van der Waals surface area (Å²) in [5.74, 6) is 0. The summed E-state index contributed by atoms with van der Waals surface area (Å²) in [4.78, 5) is 0. The molecule has 0 saturated carbocycles. The molecule has 0 aromatic rings. The molecule has 0 radical (unpaired) electrons. The van der Waals surface area contributed by atoms with Crippen LogP contribution in [-0.4, -0.2) is 140 Å². The van der Waals surface area contributed by atoms with E-state index in [1.54, 1.807) is 6.92 Å². The maximum absolute atomic E-state index is 10.2. The number of aliphatic hydroxyl groups excluding tert-OH is 8. The normalized spacial score (nSPS) is 52.1. The molecule has 3 saturated heterocycles. The van der Waals surface area contributed by atoms with Gasteiger partial charge in [-0.1, -0.05) is 0 Å². The number of rotatable bonds is 7. The predicted molar refractivity (Wildman–Crippen MR) is 92.7 cm³/mol. The van der Waals surface area contributed by atoms with Gasteiger partial charge in [-0.15, -0.1) is 0 Å². The predicted octanol–water partition coefficient (Wildman–Crippen LogP) is -5.22. The first-order chi connectivity index (χ1) is 14.1. The van der Waals surface area contributed by atoms with Crippen LogP contribution in [0.2, 0.25) is 0 Å². The second kappa shape index (κ2) is 9.95. The third-order valence-corrected chi connectivity index (χ3v) is 5.62. The highest BCUT2D eigenvalue weighted by Gasteiger charge is 2.48. The quantitative estimate of drug-likeness (QED) is 0.186. The molecule has 0 amide bonds. The van der Waals surface area contributed by atoms with Crippen molar-refractivity contribution < 1.29 is 64.5 Å². The molecule has 0 aromatic carbocycles. The minimum Gasteiger partial charge on any atom is -0.394 e. The van der Waals surface area contributed by atoms with Crippen molar-refractivity contribution in [1.29, 1.82) is 0 Å². The van der Waals surface area contributed by atoms with Crippen LogP contribution in [0.4, 0.5) is 0 Å². The van der Waals surface area contributed by atoms with Crippen LogP contribution in [0.15, 0.2) is 0 Å². The van der Waals surface area contributed by atoms with E-state index in [0.717, 1.165) is 0 Å². The smallest absolute Gasteiger partial charge is 0.186 e. The summed E-state index contributed by atoms with van der Waals surface area (Å²) in [7, 11) is 0. The van der Waals surface area contributed by atoms with Gasteiger partial charge in [-0.25, -0.2) is 0 Å². The molecule has 3 fully saturated rings. The molecule has 3 aliphatic heterocycles. The second-order valence-corrected chi connectivity index (χ2v) is 7.75. The van der Waals surface area contributed by atoms with Gasteiger partial charge in [0.1, 0.15) is 61.0 Å². The fourth-order valence-electron chi connectivity index (χ4n) is 3.65. The van der Waals surface area contributed by atoms with Crippen LogP contribution < -0.4 is 0 Å². The molecular formula is C17H30O13. The Morgan fingerprint density at radius 1 is 0.567 bits per heavy atom. The molecule has 176 valence electrons. The highest BCUT2D eigenvalue weighted by Crippen LogP contribution is 2.27. The van der Waals surface area contributed by atoms with E-state index in [2.05, 4.69) is 0 Å². The standard InChI is InChI=1S/C17H30O13/c1-5-9(19)11(21)7(28-5)3-26-16-14(24)12(22)8(30-16)4-27-17-15(25)13(23)10(20)6(2-18)29-17/h5-25H,2-4H2,1H3/t5?,6?,7?,8?,9?,10-,11?,12?,13-,14?,15?,16?,17+/m0/s1. The Bertz CT molecular complexity index is 550. The van der Waals surface area contributed by atoms with Crippen molar-refractivity contribution in [2.75, 3.05) is 19.8 Å². The topological polar surface area (TPSA) is 208 Å². The van der Waals surface area contributed by atoms with Gasteiger partial charge in [-0.2, -0.15) is 0 Å². The van der Waals surface area contributed by atoms with Crippen molar-refractivity contribution in [3.63, 3.8) is 0 Å². The summed E-state index contributed by atoms with van der Waals surface area (Å²) in [5, 5.41) is 78.5. The van der Waals surface area contributed by atoms with E-state index >= 15 is 0 Å². The van der Waals surface area contributed by atoms with Gasteiger partial charge >= 0.3 is 0 Å². The van der Waals surface area contributed by atoms with E-state index < -0.39 is 86.3 Å². The van der Waals surface area contributed by atoms with Crippen LogP contribution in [0.25, 0.3) is 0 Å². The van der Waals surface area contributed by atoms with E-state index in [0.29, 0.717) is 0 Å². The lowest BCUT2D eigenvalue weighted by Gasteiger charge is -2.39. The zero-order chi connectivity index (χ0) is 22.2. The molecule has 0 aliphatic carbocycles. The van der Waals surface area contributed by atoms with E-state index in [9.17, 15) is 40.9 Å². The van der Waals surface area contributed by atoms with Gasteiger partial charge in [0.15, 0.2) is 12.6 Å². The lowest BCUT2D eigenvalue weighted by molar-refractivity contribution is -0.307. The largest absolute Gasteiger partial charge is 0.394 e. The Morgan fingerprint density at radius 3 is 1.50 bits per heavy atom. The van der Waals surface area contributed by atoms with Gasteiger partial charge in [0.25, 0.3) is 0 Å². The van der Waals surface area contributed by atoms with Gasteiger partial charge in [0.2, 0.25) is 0 Å². The Labute approximate surface area is 171 Å². The van der Waals surface area contributed by atoms with Gasteiger partial charge in [-0.3, -0.25) is 0 Å². The lowest BCUT2D eigenvalue weighted by Crippen LogP contribution is -2.59. The van der Waals surface area contributed by atoms with Gasteiger partial charge in [0.05, 0.1) is 25.9 Å². The Balaban J connectivity index is 1.49. The molecule has 13 heteroatoms.